The highest BCUT2D eigenvalue weighted by molar-refractivity contribution is 5.95. The van der Waals surface area contributed by atoms with E-state index in [2.05, 4.69) is 10.5 Å². The van der Waals surface area contributed by atoms with E-state index in [9.17, 15) is 9.59 Å². The Balaban J connectivity index is 1.41. The summed E-state index contributed by atoms with van der Waals surface area (Å²) in [4.78, 5) is 24.1. The Kier molecular flexibility index (Phi) is 5.47. The molecule has 0 fully saturated rings. The van der Waals surface area contributed by atoms with Crippen LogP contribution in [0.4, 0.5) is 0 Å². The van der Waals surface area contributed by atoms with Crippen molar-refractivity contribution in [3.8, 4) is 22.8 Å². The average Bonchev–Trinajstić information content (AvgIpc) is 3.43. The fraction of sp³-hybridized carbons (Fsp3) is 0.136. The Morgan fingerprint density at radius 2 is 1.93 bits per heavy atom. The van der Waals surface area contributed by atoms with Crippen molar-refractivity contribution in [1.29, 1.82) is 0 Å². The second-order valence-electron chi connectivity index (χ2n) is 6.27. The lowest BCUT2D eigenvalue weighted by Crippen LogP contribution is -2.17. The Morgan fingerprint density at radius 1 is 1.07 bits per heavy atom. The summed E-state index contributed by atoms with van der Waals surface area (Å²) in [7, 11) is 0. The van der Waals surface area contributed by atoms with Crippen LogP contribution in [0.5, 0.6) is 11.5 Å². The van der Waals surface area contributed by atoms with E-state index in [0.29, 0.717) is 40.8 Å². The van der Waals surface area contributed by atoms with E-state index in [1.165, 1.54) is 6.21 Å². The molecule has 0 saturated heterocycles. The molecule has 1 aliphatic heterocycles. The number of hydrogen-bond acceptors (Lipinski definition) is 7. The van der Waals surface area contributed by atoms with E-state index in [1.54, 1.807) is 55.5 Å². The van der Waals surface area contributed by atoms with Gasteiger partial charge in [-0.2, -0.15) is 5.10 Å². The molecule has 1 amide bonds. The highest BCUT2D eigenvalue weighted by atomic mass is 16.7. The molecule has 0 atom stereocenters. The molecule has 1 N–H and O–H groups in total. The molecule has 0 aliphatic carbocycles. The van der Waals surface area contributed by atoms with E-state index in [4.69, 9.17) is 18.6 Å². The highest BCUT2D eigenvalue weighted by Gasteiger charge is 2.16. The van der Waals surface area contributed by atoms with Gasteiger partial charge >= 0.3 is 5.97 Å². The maximum Gasteiger partial charge on any atom is 0.338 e. The molecular weight excluding hydrogens is 388 g/mol. The van der Waals surface area contributed by atoms with Gasteiger partial charge in [0.1, 0.15) is 11.5 Å². The summed E-state index contributed by atoms with van der Waals surface area (Å²) < 4.78 is 21.2. The Labute approximate surface area is 172 Å². The van der Waals surface area contributed by atoms with Gasteiger partial charge in [0.05, 0.1) is 18.4 Å². The molecule has 1 aliphatic rings. The number of rotatable bonds is 6. The summed E-state index contributed by atoms with van der Waals surface area (Å²) in [5, 5.41) is 3.92. The van der Waals surface area contributed by atoms with Crippen LogP contribution in [0.1, 0.15) is 33.4 Å². The first-order chi connectivity index (χ1) is 14.6. The van der Waals surface area contributed by atoms with Crippen molar-refractivity contribution in [2.45, 2.75) is 6.92 Å². The average molecular weight is 406 g/mol. The largest absolute Gasteiger partial charge is 0.462 e. The quantitative estimate of drug-likeness (QED) is 0.381. The number of esters is 1. The number of furan rings is 1. The van der Waals surface area contributed by atoms with Gasteiger partial charge in [-0.1, -0.05) is 12.1 Å². The van der Waals surface area contributed by atoms with Crippen molar-refractivity contribution in [2.24, 2.45) is 5.10 Å². The first-order valence-electron chi connectivity index (χ1n) is 9.24. The van der Waals surface area contributed by atoms with E-state index in [-0.39, 0.29) is 12.8 Å². The van der Waals surface area contributed by atoms with E-state index in [0.717, 1.165) is 5.56 Å². The summed E-state index contributed by atoms with van der Waals surface area (Å²) in [6.07, 6.45) is 1.39. The van der Waals surface area contributed by atoms with Crippen molar-refractivity contribution in [3.63, 3.8) is 0 Å². The summed E-state index contributed by atoms with van der Waals surface area (Å²) in [5.41, 5.74) is 4.00. The predicted octanol–water partition coefficient (Wildman–Crippen LogP) is 3.62. The first-order valence-corrected chi connectivity index (χ1v) is 9.24. The number of hydrazone groups is 1. The number of nitrogens with one attached hydrogen (secondary N) is 1. The van der Waals surface area contributed by atoms with Gasteiger partial charge in [0.15, 0.2) is 11.5 Å². The molecule has 4 rings (SSSR count). The number of carbonyl (C=O) groups excluding carboxylic acids is 2. The predicted molar refractivity (Wildman–Crippen MR) is 108 cm³/mol. The number of amides is 1. The van der Waals surface area contributed by atoms with Gasteiger partial charge in [-0.25, -0.2) is 10.2 Å². The van der Waals surface area contributed by atoms with Crippen molar-refractivity contribution in [2.75, 3.05) is 13.4 Å². The lowest BCUT2D eigenvalue weighted by Gasteiger charge is -2.03. The molecule has 8 nitrogen and oxygen atoms in total. The van der Waals surface area contributed by atoms with Gasteiger partial charge in [0.25, 0.3) is 5.91 Å². The monoisotopic (exact) mass is 406 g/mol. The molecule has 2 heterocycles. The number of hydrogen-bond donors (Lipinski definition) is 1. The SMILES string of the molecule is CCOC(=O)c1cccc(-c2ccc(/C=N\NC(=O)c3ccc4c(c3)OCO4)o2)c1. The summed E-state index contributed by atoms with van der Waals surface area (Å²) in [6.45, 7) is 2.20. The van der Waals surface area contributed by atoms with Gasteiger partial charge in [0.2, 0.25) is 6.79 Å². The molecule has 0 bridgehead atoms. The van der Waals surface area contributed by atoms with Crippen LogP contribution in [0.15, 0.2) is 64.1 Å². The second kappa shape index (κ2) is 8.52. The molecule has 0 saturated carbocycles. The molecule has 2 aromatic carbocycles. The zero-order valence-corrected chi connectivity index (χ0v) is 16.1. The zero-order valence-electron chi connectivity index (χ0n) is 16.1. The van der Waals surface area contributed by atoms with Crippen molar-refractivity contribution in [3.05, 3.63) is 71.5 Å². The summed E-state index contributed by atoms with van der Waals surface area (Å²) in [5.74, 6) is 1.34. The lowest BCUT2D eigenvalue weighted by molar-refractivity contribution is 0.0526. The molecule has 8 heteroatoms. The number of nitrogens with zero attached hydrogens (tertiary/aromatic N) is 1. The fourth-order valence-corrected chi connectivity index (χ4v) is 2.85. The molecule has 30 heavy (non-hydrogen) atoms. The van der Waals surface area contributed by atoms with E-state index >= 15 is 0 Å². The van der Waals surface area contributed by atoms with E-state index in [1.807, 2.05) is 6.07 Å². The summed E-state index contributed by atoms with van der Waals surface area (Å²) in [6, 6.07) is 15.3. The van der Waals surface area contributed by atoms with E-state index < -0.39 is 5.91 Å². The Bertz CT molecular complexity index is 1120. The van der Waals surface area contributed by atoms with Crippen molar-refractivity contribution < 1.29 is 28.2 Å². The minimum absolute atomic E-state index is 0.141. The molecular formula is C22H18N2O6. The minimum Gasteiger partial charge on any atom is -0.462 e. The number of carbonyl (C=O) groups is 2. The van der Waals surface area contributed by atoms with Gasteiger partial charge in [-0.3, -0.25) is 4.79 Å². The van der Waals surface area contributed by atoms with Crippen LogP contribution in [0.3, 0.4) is 0 Å². The van der Waals surface area contributed by atoms with Crippen LogP contribution in [0, 0.1) is 0 Å². The molecule has 1 aromatic heterocycles. The van der Waals surface area contributed by atoms with Crippen LogP contribution in [-0.2, 0) is 4.74 Å². The highest BCUT2D eigenvalue weighted by Crippen LogP contribution is 2.32. The van der Waals surface area contributed by atoms with Gasteiger partial charge < -0.3 is 18.6 Å². The third-order valence-corrected chi connectivity index (χ3v) is 4.28. The minimum atomic E-state index is -0.390. The molecule has 0 unspecified atom stereocenters. The first kappa shape index (κ1) is 19.3. The van der Waals surface area contributed by atoms with Gasteiger partial charge in [-0.05, 0) is 49.4 Å². The third kappa shape index (κ3) is 4.17. The smallest absolute Gasteiger partial charge is 0.338 e. The number of ether oxygens (including phenoxy) is 3. The second-order valence-corrected chi connectivity index (χ2v) is 6.27. The fourth-order valence-electron chi connectivity index (χ4n) is 2.85. The molecule has 3 aromatic rings. The molecule has 152 valence electrons. The number of fused-ring (bicyclic) bond motifs is 1. The van der Waals surface area contributed by atoms with Crippen LogP contribution >= 0.6 is 0 Å². The van der Waals surface area contributed by atoms with Gasteiger partial charge in [0, 0.05) is 11.1 Å². The van der Waals surface area contributed by atoms with Gasteiger partial charge in [-0.15, -0.1) is 0 Å². The Morgan fingerprint density at radius 3 is 2.80 bits per heavy atom. The molecule has 0 spiro atoms. The molecule has 0 radical (unpaired) electrons. The summed E-state index contributed by atoms with van der Waals surface area (Å²) >= 11 is 0. The maximum atomic E-state index is 12.2. The van der Waals surface area contributed by atoms with Crippen molar-refractivity contribution in [1.82, 2.24) is 5.43 Å². The maximum absolute atomic E-state index is 12.2. The zero-order chi connectivity index (χ0) is 20.9. The standard InChI is InChI=1S/C22H18N2O6/c1-2-27-22(26)16-5-3-4-14(10-16)18-9-7-17(30-18)12-23-24-21(25)15-6-8-19-20(11-15)29-13-28-19/h3-12H,2,13H2,1H3,(H,24,25)/b23-12-. The van der Waals surface area contributed by atoms with Crippen LogP contribution < -0.4 is 14.9 Å². The lowest BCUT2D eigenvalue weighted by atomic mass is 10.1. The normalized spacial score (nSPS) is 12.2. The van der Waals surface area contributed by atoms with Crippen molar-refractivity contribution >= 4 is 18.1 Å². The van der Waals surface area contributed by atoms with Crippen LogP contribution in [0.25, 0.3) is 11.3 Å². The third-order valence-electron chi connectivity index (χ3n) is 4.28. The Hall–Kier alpha value is -4.07. The number of benzene rings is 2. The van der Waals surface area contributed by atoms with Crippen LogP contribution in [-0.4, -0.2) is 31.5 Å². The topological polar surface area (TPSA) is 99.4 Å². The van der Waals surface area contributed by atoms with Crippen LogP contribution in [0.2, 0.25) is 0 Å².